The summed E-state index contributed by atoms with van der Waals surface area (Å²) in [4.78, 5) is 14.6. The molecule has 0 radical (unpaired) electrons. The number of amides is 1. The zero-order chi connectivity index (χ0) is 14.4. The Bertz CT molecular complexity index is 294. The summed E-state index contributed by atoms with van der Waals surface area (Å²) >= 11 is 0. The summed E-state index contributed by atoms with van der Waals surface area (Å²) in [5.41, 5.74) is 0. The van der Waals surface area contributed by atoms with Crippen LogP contribution in [0.3, 0.4) is 0 Å². The molecule has 4 heteroatoms. The van der Waals surface area contributed by atoms with Crippen molar-refractivity contribution in [3.63, 3.8) is 0 Å². The highest BCUT2D eigenvalue weighted by Gasteiger charge is 2.26. The summed E-state index contributed by atoms with van der Waals surface area (Å²) in [6, 6.07) is 0.437. The van der Waals surface area contributed by atoms with E-state index >= 15 is 0 Å². The fraction of sp³-hybridized carbons (Fsp3) is 0.938. The molecule has 20 heavy (non-hydrogen) atoms. The summed E-state index contributed by atoms with van der Waals surface area (Å²) in [6.07, 6.45) is 7.58. The molecule has 2 aliphatic rings. The predicted molar refractivity (Wildman–Crippen MR) is 82.7 cm³/mol. The molecule has 1 heterocycles. The van der Waals surface area contributed by atoms with E-state index in [9.17, 15) is 4.79 Å². The van der Waals surface area contributed by atoms with Crippen LogP contribution in [0.5, 0.6) is 0 Å². The molecule has 2 N–H and O–H groups in total. The quantitative estimate of drug-likeness (QED) is 0.807. The minimum Gasteiger partial charge on any atom is -0.352 e. The number of piperazine rings is 1. The Morgan fingerprint density at radius 3 is 2.50 bits per heavy atom. The van der Waals surface area contributed by atoms with E-state index in [0.29, 0.717) is 6.04 Å². The molecule has 116 valence electrons. The number of carbonyl (C=O) groups excluding carboxylic acids is 1. The van der Waals surface area contributed by atoms with E-state index in [0.717, 1.165) is 32.1 Å². The maximum Gasteiger partial charge on any atom is 0.237 e. The van der Waals surface area contributed by atoms with Gasteiger partial charge in [-0.3, -0.25) is 9.69 Å². The van der Waals surface area contributed by atoms with Gasteiger partial charge in [0.1, 0.15) is 0 Å². The third-order valence-electron chi connectivity index (χ3n) is 4.97. The van der Waals surface area contributed by atoms with Gasteiger partial charge in [0.05, 0.1) is 6.04 Å². The van der Waals surface area contributed by atoms with Gasteiger partial charge >= 0.3 is 0 Å². The molecule has 1 aliphatic carbocycles. The molecule has 1 unspecified atom stereocenters. The highest BCUT2D eigenvalue weighted by molar-refractivity contribution is 5.81. The number of carbonyl (C=O) groups is 1. The van der Waals surface area contributed by atoms with Crippen LogP contribution in [0.25, 0.3) is 0 Å². The maximum absolute atomic E-state index is 12.3. The number of hydrogen-bond donors (Lipinski definition) is 2. The first-order chi connectivity index (χ1) is 9.70. The van der Waals surface area contributed by atoms with Crippen LogP contribution < -0.4 is 10.6 Å². The Morgan fingerprint density at radius 2 is 1.90 bits per heavy atom. The minimum absolute atomic E-state index is 0.0189. The van der Waals surface area contributed by atoms with Crippen LogP contribution >= 0.6 is 0 Å². The number of rotatable bonds is 5. The smallest absolute Gasteiger partial charge is 0.237 e. The van der Waals surface area contributed by atoms with Crippen LogP contribution in [0, 0.1) is 5.92 Å². The number of nitrogens with one attached hydrogen (secondary N) is 2. The van der Waals surface area contributed by atoms with Gasteiger partial charge in [-0.05, 0) is 38.5 Å². The first kappa shape index (κ1) is 15.8. The van der Waals surface area contributed by atoms with Gasteiger partial charge in [-0.15, -0.1) is 0 Å². The van der Waals surface area contributed by atoms with E-state index in [1.165, 1.54) is 38.5 Å². The Morgan fingerprint density at radius 1 is 1.25 bits per heavy atom. The van der Waals surface area contributed by atoms with Gasteiger partial charge in [0.15, 0.2) is 0 Å². The molecule has 0 bridgehead atoms. The molecule has 0 aromatic carbocycles. The molecule has 4 nitrogen and oxygen atoms in total. The van der Waals surface area contributed by atoms with E-state index < -0.39 is 0 Å². The average Bonchev–Trinajstić information content (AvgIpc) is 2.49. The first-order valence-corrected chi connectivity index (χ1v) is 8.45. The van der Waals surface area contributed by atoms with Crippen molar-refractivity contribution in [1.82, 2.24) is 15.5 Å². The zero-order valence-electron chi connectivity index (χ0n) is 13.2. The largest absolute Gasteiger partial charge is 0.352 e. The molecule has 1 amide bonds. The van der Waals surface area contributed by atoms with Crippen LogP contribution in [-0.2, 0) is 4.79 Å². The van der Waals surface area contributed by atoms with Crippen molar-refractivity contribution >= 4 is 5.91 Å². The highest BCUT2D eigenvalue weighted by atomic mass is 16.2. The normalized spacial score (nSPS) is 29.9. The molecular weight excluding hydrogens is 250 g/mol. The molecule has 2 rings (SSSR count). The van der Waals surface area contributed by atoms with Crippen molar-refractivity contribution in [2.75, 3.05) is 26.2 Å². The molecule has 2 fully saturated rings. The van der Waals surface area contributed by atoms with E-state index in [-0.39, 0.29) is 11.9 Å². The topological polar surface area (TPSA) is 44.4 Å². The van der Waals surface area contributed by atoms with Crippen LogP contribution in [0.4, 0.5) is 0 Å². The SMILES string of the molecule is CCCC1CCC(NC(=O)C(C)N2CCNCC2)CC1. The second-order valence-electron chi connectivity index (χ2n) is 6.48. The van der Waals surface area contributed by atoms with Gasteiger partial charge in [0.2, 0.25) is 5.91 Å². The van der Waals surface area contributed by atoms with Gasteiger partial charge in [-0.1, -0.05) is 19.8 Å². The predicted octanol–water partition coefficient (Wildman–Crippen LogP) is 1.76. The fourth-order valence-electron chi connectivity index (χ4n) is 3.56. The van der Waals surface area contributed by atoms with Crippen LogP contribution in [0.15, 0.2) is 0 Å². The average molecular weight is 281 g/mol. The monoisotopic (exact) mass is 281 g/mol. The second kappa shape index (κ2) is 7.99. The highest BCUT2D eigenvalue weighted by Crippen LogP contribution is 2.27. The maximum atomic E-state index is 12.3. The van der Waals surface area contributed by atoms with Crippen molar-refractivity contribution in [3.05, 3.63) is 0 Å². The van der Waals surface area contributed by atoms with Gasteiger partial charge in [-0.25, -0.2) is 0 Å². The second-order valence-corrected chi connectivity index (χ2v) is 6.48. The molecule has 0 aromatic rings. The van der Waals surface area contributed by atoms with Crippen LogP contribution in [-0.4, -0.2) is 49.1 Å². The summed E-state index contributed by atoms with van der Waals surface area (Å²) < 4.78 is 0. The number of hydrogen-bond acceptors (Lipinski definition) is 3. The summed E-state index contributed by atoms with van der Waals surface area (Å²) in [5, 5.41) is 6.61. The number of nitrogens with zero attached hydrogens (tertiary/aromatic N) is 1. The first-order valence-electron chi connectivity index (χ1n) is 8.45. The van der Waals surface area contributed by atoms with Crippen LogP contribution in [0.2, 0.25) is 0 Å². The molecule has 1 aliphatic heterocycles. The van der Waals surface area contributed by atoms with Gasteiger partial charge in [0.25, 0.3) is 0 Å². The van der Waals surface area contributed by atoms with E-state index in [1.807, 2.05) is 6.92 Å². The van der Waals surface area contributed by atoms with Crippen molar-refractivity contribution in [1.29, 1.82) is 0 Å². The lowest BCUT2D eigenvalue weighted by Crippen LogP contribution is -2.54. The summed E-state index contributed by atoms with van der Waals surface area (Å²) in [7, 11) is 0. The summed E-state index contributed by atoms with van der Waals surface area (Å²) in [5.74, 6) is 1.13. The minimum atomic E-state index is 0.0189. The lowest BCUT2D eigenvalue weighted by molar-refractivity contribution is -0.127. The molecule has 1 saturated heterocycles. The Balaban J connectivity index is 1.71. The fourth-order valence-corrected chi connectivity index (χ4v) is 3.56. The van der Waals surface area contributed by atoms with Crippen LogP contribution in [0.1, 0.15) is 52.4 Å². The Labute approximate surface area is 123 Å². The third-order valence-corrected chi connectivity index (χ3v) is 4.97. The molecule has 0 spiro atoms. The Kier molecular flexibility index (Phi) is 6.30. The summed E-state index contributed by atoms with van der Waals surface area (Å²) in [6.45, 7) is 8.28. The van der Waals surface area contributed by atoms with Gasteiger partial charge in [-0.2, -0.15) is 0 Å². The van der Waals surface area contributed by atoms with Gasteiger partial charge < -0.3 is 10.6 Å². The third kappa shape index (κ3) is 4.45. The molecule has 0 aromatic heterocycles. The molecule has 1 saturated carbocycles. The van der Waals surface area contributed by atoms with Gasteiger partial charge in [0, 0.05) is 32.2 Å². The standard InChI is InChI=1S/C16H31N3O/c1-3-4-14-5-7-15(8-6-14)18-16(20)13(2)19-11-9-17-10-12-19/h13-15,17H,3-12H2,1-2H3,(H,18,20). The lowest BCUT2D eigenvalue weighted by atomic mass is 9.83. The van der Waals surface area contributed by atoms with E-state index in [2.05, 4.69) is 22.5 Å². The Hall–Kier alpha value is -0.610. The lowest BCUT2D eigenvalue weighted by Gasteiger charge is -2.34. The molecular formula is C16H31N3O. The van der Waals surface area contributed by atoms with Crippen molar-refractivity contribution in [2.24, 2.45) is 5.92 Å². The molecule has 1 atom stereocenters. The van der Waals surface area contributed by atoms with Crippen molar-refractivity contribution < 1.29 is 4.79 Å². The van der Waals surface area contributed by atoms with Crippen molar-refractivity contribution in [3.8, 4) is 0 Å². The zero-order valence-corrected chi connectivity index (χ0v) is 13.2. The van der Waals surface area contributed by atoms with Crippen molar-refractivity contribution in [2.45, 2.75) is 64.5 Å². The van der Waals surface area contributed by atoms with E-state index in [4.69, 9.17) is 0 Å². The van der Waals surface area contributed by atoms with E-state index in [1.54, 1.807) is 0 Å².